The quantitative estimate of drug-likeness (QED) is 0.189. The summed E-state index contributed by atoms with van der Waals surface area (Å²) in [6.45, 7) is 3.67. The average Bonchev–Trinajstić information content (AvgIpc) is 3.38. The number of carbonyl (C=O) groups excluding carboxylic acids is 2. The standard InChI is InChI=1S/C21H24ClFN4O2.HI/c1-2-24-21(26-11-12-3-6-16(23)15(22)9-12)25-7-8-27-19(28)17-13-4-5-14(10-13)18(17)20(27)29;/h3-6,9,13-14,17-18H,2,7-8,10-11H2,1H3,(H2,24,25,26);1H. The second-order valence-electron chi connectivity index (χ2n) is 7.70. The molecule has 2 fully saturated rings. The number of hydrogen-bond acceptors (Lipinski definition) is 3. The Labute approximate surface area is 197 Å². The Morgan fingerprint density at radius 1 is 1.20 bits per heavy atom. The summed E-state index contributed by atoms with van der Waals surface area (Å²) in [5.41, 5.74) is 0.786. The van der Waals surface area contributed by atoms with Crippen LogP contribution in [0, 0.1) is 29.5 Å². The first kappa shape index (κ1) is 23.0. The summed E-state index contributed by atoms with van der Waals surface area (Å²) in [5.74, 6) is 0.141. The zero-order valence-electron chi connectivity index (χ0n) is 16.6. The van der Waals surface area contributed by atoms with Crippen LogP contribution in [-0.2, 0) is 16.1 Å². The predicted molar refractivity (Wildman–Crippen MR) is 124 cm³/mol. The van der Waals surface area contributed by atoms with E-state index in [-0.39, 0.29) is 64.5 Å². The third-order valence-corrected chi connectivity index (χ3v) is 6.23. The van der Waals surface area contributed by atoms with Crippen molar-refractivity contribution in [3.8, 4) is 0 Å². The molecule has 0 spiro atoms. The normalized spacial score (nSPS) is 26.8. The van der Waals surface area contributed by atoms with Gasteiger partial charge in [0.25, 0.3) is 0 Å². The van der Waals surface area contributed by atoms with Crippen molar-refractivity contribution in [2.45, 2.75) is 19.9 Å². The lowest BCUT2D eigenvalue weighted by molar-refractivity contribution is -0.140. The zero-order valence-corrected chi connectivity index (χ0v) is 19.7. The third kappa shape index (κ3) is 4.34. The van der Waals surface area contributed by atoms with Crippen molar-refractivity contribution in [3.05, 3.63) is 46.8 Å². The molecule has 1 saturated carbocycles. The highest BCUT2D eigenvalue weighted by Crippen LogP contribution is 2.52. The van der Waals surface area contributed by atoms with Crippen LogP contribution in [0.15, 0.2) is 35.3 Å². The first-order valence-electron chi connectivity index (χ1n) is 9.99. The number of halogens is 3. The van der Waals surface area contributed by atoms with Gasteiger partial charge in [-0.2, -0.15) is 0 Å². The monoisotopic (exact) mass is 546 g/mol. The van der Waals surface area contributed by atoms with Gasteiger partial charge in [0, 0.05) is 19.6 Å². The number of allylic oxidation sites excluding steroid dienone is 2. The minimum absolute atomic E-state index is 0. The lowest BCUT2D eigenvalue weighted by atomic mass is 9.85. The van der Waals surface area contributed by atoms with Crippen molar-refractivity contribution in [3.63, 3.8) is 0 Å². The molecule has 2 N–H and O–H groups in total. The van der Waals surface area contributed by atoms with Crippen molar-refractivity contribution in [2.75, 3.05) is 19.6 Å². The minimum atomic E-state index is -0.460. The van der Waals surface area contributed by atoms with E-state index in [0.717, 1.165) is 12.0 Å². The number of amides is 2. The fourth-order valence-electron chi connectivity index (χ4n) is 4.62. The summed E-state index contributed by atoms with van der Waals surface area (Å²) in [7, 11) is 0. The predicted octanol–water partition coefficient (Wildman–Crippen LogP) is 2.96. The first-order valence-corrected chi connectivity index (χ1v) is 10.4. The molecule has 1 aromatic carbocycles. The van der Waals surface area contributed by atoms with Gasteiger partial charge in [-0.05, 0) is 42.9 Å². The number of nitrogens with one attached hydrogen (secondary N) is 2. The van der Waals surface area contributed by atoms with Crippen molar-refractivity contribution >= 4 is 53.4 Å². The Hall–Kier alpha value is -1.68. The second-order valence-corrected chi connectivity index (χ2v) is 8.11. The van der Waals surface area contributed by atoms with E-state index in [1.807, 2.05) is 6.92 Å². The number of benzene rings is 1. The summed E-state index contributed by atoms with van der Waals surface area (Å²) in [6, 6.07) is 4.50. The van der Waals surface area contributed by atoms with Crippen molar-refractivity contribution in [2.24, 2.45) is 28.7 Å². The van der Waals surface area contributed by atoms with Crippen LogP contribution < -0.4 is 10.6 Å². The molecule has 1 saturated heterocycles. The molecule has 6 nitrogen and oxygen atoms in total. The molecule has 9 heteroatoms. The van der Waals surface area contributed by atoms with Gasteiger partial charge in [-0.1, -0.05) is 29.8 Å². The average molecular weight is 547 g/mol. The zero-order chi connectivity index (χ0) is 20.5. The van der Waals surface area contributed by atoms with Crippen LogP contribution in [0.25, 0.3) is 0 Å². The summed E-state index contributed by atoms with van der Waals surface area (Å²) in [6.07, 6.45) is 5.12. The number of aliphatic imine (C=N–C) groups is 1. The Balaban J connectivity index is 0.00000256. The molecular weight excluding hydrogens is 522 g/mol. The molecule has 2 bridgehead atoms. The van der Waals surface area contributed by atoms with E-state index in [9.17, 15) is 14.0 Å². The van der Waals surface area contributed by atoms with Gasteiger partial charge in [-0.25, -0.2) is 9.38 Å². The van der Waals surface area contributed by atoms with Crippen LogP contribution in [-0.4, -0.2) is 42.3 Å². The molecule has 1 aromatic rings. The first-order chi connectivity index (χ1) is 14.0. The van der Waals surface area contributed by atoms with Gasteiger partial charge in [0.1, 0.15) is 5.82 Å². The molecule has 3 aliphatic rings. The van der Waals surface area contributed by atoms with Gasteiger partial charge >= 0.3 is 0 Å². The van der Waals surface area contributed by atoms with Crippen LogP contribution in [0.1, 0.15) is 18.9 Å². The van der Waals surface area contributed by atoms with Gasteiger partial charge in [-0.15, -0.1) is 24.0 Å². The van der Waals surface area contributed by atoms with Crippen LogP contribution in [0.5, 0.6) is 0 Å². The van der Waals surface area contributed by atoms with Gasteiger partial charge < -0.3 is 10.6 Å². The largest absolute Gasteiger partial charge is 0.357 e. The van der Waals surface area contributed by atoms with Crippen molar-refractivity contribution < 1.29 is 14.0 Å². The topological polar surface area (TPSA) is 73.8 Å². The van der Waals surface area contributed by atoms with Crippen LogP contribution in [0.2, 0.25) is 5.02 Å². The van der Waals surface area contributed by atoms with E-state index in [4.69, 9.17) is 11.6 Å². The Morgan fingerprint density at radius 2 is 1.87 bits per heavy atom. The molecule has 2 aliphatic carbocycles. The number of hydrogen-bond donors (Lipinski definition) is 2. The third-order valence-electron chi connectivity index (χ3n) is 5.94. The smallest absolute Gasteiger partial charge is 0.233 e. The minimum Gasteiger partial charge on any atom is -0.357 e. The number of likely N-dealkylation sites (tertiary alicyclic amines) is 1. The number of rotatable bonds is 6. The molecular formula is C21H25ClFIN4O2. The summed E-state index contributed by atoms with van der Waals surface area (Å²) in [4.78, 5) is 31.3. The fraction of sp³-hybridized carbons (Fsp3) is 0.476. The molecule has 4 rings (SSSR count). The second kappa shape index (κ2) is 9.64. The molecule has 0 radical (unpaired) electrons. The SMILES string of the molecule is CCNC(=NCc1ccc(F)c(Cl)c1)NCCN1C(=O)C2C3C=CC(C3)C2C1=O.I. The highest BCUT2D eigenvalue weighted by atomic mass is 127. The van der Waals surface area contributed by atoms with Gasteiger partial charge in [-0.3, -0.25) is 14.5 Å². The van der Waals surface area contributed by atoms with Crippen molar-refractivity contribution in [1.29, 1.82) is 0 Å². The number of imide groups is 1. The van der Waals surface area contributed by atoms with Gasteiger partial charge in [0.2, 0.25) is 11.8 Å². The molecule has 1 heterocycles. The molecule has 4 atom stereocenters. The van der Waals surface area contributed by atoms with Crippen LogP contribution in [0.3, 0.4) is 0 Å². The van der Waals surface area contributed by atoms with Crippen LogP contribution in [0.4, 0.5) is 4.39 Å². The lowest BCUT2D eigenvalue weighted by Crippen LogP contribution is -2.43. The van der Waals surface area contributed by atoms with E-state index in [2.05, 4.69) is 27.8 Å². The van der Waals surface area contributed by atoms with Crippen LogP contribution >= 0.6 is 35.6 Å². The summed E-state index contributed by atoms with van der Waals surface area (Å²) < 4.78 is 13.3. The Morgan fingerprint density at radius 3 is 2.47 bits per heavy atom. The van der Waals surface area contributed by atoms with E-state index in [1.165, 1.54) is 11.0 Å². The maximum absolute atomic E-state index is 13.3. The van der Waals surface area contributed by atoms with E-state index in [1.54, 1.807) is 12.1 Å². The highest BCUT2D eigenvalue weighted by molar-refractivity contribution is 14.0. The Kier molecular flexibility index (Phi) is 7.38. The molecule has 0 aromatic heterocycles. The number of fused-ring (bicyclic) bond motifs is 5. The van der Waals surface area contributed by atoms with E-state index >= 15 is 0 Å². The number of nitrogens with zero attached hydrogens (tertiary/aromatic N) is 2. The molecule has 4 unspecified atom stereocenters. The summed E-state index contributed by atoms with van der Waals surface area (Å²) in [5, 5.41) is 6.35. The molecule has 30 heavy (non-hydrogen) atoms. The molecule has 2 amide bonds. The fourth-order valence-corrected chi connectivity index (χ4v) is 4.82. The van der Waals surface area contributed by atoms with E-state index in [0.29, 0.717) is 32.1 Å². The summed E-state index contributed by atoms with van der Waals surface area (Å²) >= 11 is 5.81. The number of carbonyl (C=O) groups is 2. The van der Waals surface area contributed by atoms with Crippen molar-refractivity contribution in [1.82, 2.24) is 15.5 Å². The van der Waals surface area contributed by atoms with E-state index < -0.39 is 5.82 Å². The highest BCUT2D eigenvalue weighted by Gasteiger charge is 2.58. The van der Waals surface area contributed by atoms with Gasteiger partial charge in [0.15, 0.2) is 5.96 Å². The maximum atomic E-state index is 13.3. The number of guanidine groups is 1. The molecule has 162 valence electrons. The lowest BCUT2D eigenvalue weighted by Gasteiger charge is -2.18. The Bertz CT molecular complexity index is 864. The van der Waals surface area contributed by atoms with Gasteiger partial charge in [0.05, 0.1) is 23.4 Å². The molecule has 1 aliphatic heterocycles. The maximum Gasteiger partial charge on any atom is 0.233 e.